The zero-order valence-corrected chi connectivity index (χ0v) is 14.7. The third-order valence-electron chi connectivity index (χ3n) is 3.48. The Morgan fingerprint density at radius 1 is 1.30 bits per heavy atom. The van der Waals surface area contributed by atoms with Gasteiger partial charge in [0.25, 0.3) is 0 Å². The summed E-state index contributed by atoms with van der Waals surface area (Å²) in [6.45, 7) is 10.1. The second-order valence-corrected chi connectivity index (χ2v) is 6.16. The number of halogens is 1. The van der Waals surface area contributed by atoms with Gasteiger partial charge in [-0.1, -0.05) is 22.9 Å². The second-order valence-electron chi connectivity index (χ2n) is 5.31. The van der Waals surface area contributed by atoms with Crippen LogP contribution in [0.1, 0.15) is 33.3 Å². The summed E-state index contributed by atoms with van der Waals surface area (Å²) >= 11 is 3.62. The van der Waals surface area contributed by atoms with Crippen molar-refractivity contribution in [3.63, 3.8) is 0 Å². The van der Waals surface area contributed by atoms with Crippen molar-refractivity contribution in [1.29, 1.82) is 0 Å². The molecule has 4 heteroatoms. The van der Waals surface area contributed by atoms with E-state index >= 15 is 0 Å². The van der Waals surface area contributed by atoms with E-state index in [1.54, 1.807) is 7.11 Å². The smallest absolute Gasteiger partial charge is 0.119 e. The van der Waals surface area contributed by atoms with Crippen LogP contribution in [0, 0.1) is 0 Å². The van der Waals surface area contributed by atoms with Crippen molar-refractivity contribution in [2.75, 3.05) is 20.3 Å². The van der Waals surface area contributed by atoms with Crippen molar-refractivity contribution >= 4 is 15.9 Å². The fourth-order valence-corrected chi connectivity index (χ4v) is 2.75. The number of rotatable bonds is 8. The van der Waals surface area contributed by atoms with Crippen molar-refractivity contribution in [1.82, 2.24) is 5.32 Å². The van der Waals surface area contributed by atoms with Crippen molar-refractivity contribution in [3.05, 3.63) is 28.2 Å². The molecule has 0 saturated carbocycles. The molecule has 0 radical (unpaired) electrons. The van der Waals surface area contributed by atoms with Crippen LogP contribution in [0.25, 0.3) is 0 Å². The summed E-state index contributed by atoms with van der Waals surface area (Å²) < 4.78 is 12.3. The van der Waals surface area contributed by atoms with Gasteiger partial charge in [-0.25, -0.2) is 0 Å². The quantitative estimate of drug-likeness (QED) is 0.778. The maximum absolute atomic E-state index is 5.90. The van der Waals surface area contributed by atoms with E-state index in [-0.39, 0.29) is 11.6 Å². The lowest BCUT2D eigenvalue weighted by molar-refractivity contribution is -0.0377. The fraction of sp³-hybridized carbons (Fsp3) is 0.625. The van der Waals surface area contributed by atoms with E-state index in [1.165, 1.54) is 5.56 Å². The summed E-state index contributed by atoms with van der Waals surface area (Å²) in [4.78, 5) is 0. The number of likely N-dealkylation sites (N-methyl/N-ethyl adjacent to an activating group) is 1. The molecule has 0 amide bonds. The van der Waals surface area contributed by atoms with E-state index in [2.05, 4.69) is 48.1 Å². The molecule has 1 aromatic carbocycles. The lowest BCUT2D eigenvalue weighted by Gasteiger charge is -2.35. The highest BCUT2D eigenvalue weighted by Gasteiger charge is 2.30. The van der Waals surface area contributed by atoms with E-state index in [4.69, 9.17) is 9.47 Å². The molecule has 0 aliphatic rings. The second kappa shape index (κ2) is 8.01. The highest BCUT2D eigenvalue weighted by atomic mass is 79.9. The molecule has 114 valence electrons. The molecule has 1 aromatic rings. The van der Waals surface area contributed by atoms with E-state index in [0.717, 1.165) is 23.2 Å². The minimum atomic E-state index is -0.215. The van der Waals surface area contributed by atoms with Crippen molar-refractivity contribution < 1.29 is 9.47 Å². The molecule has 20 heavy (non-hydrogen) atoms. The Balaban J connectivity index is 2.95. The van der Waals surface area contributed by atoms with Crippen molar-refractivity contribution in [2.24, 2.45) is 0 Å². The van der Waals surface area contributed by atoms with Crippen LogP contribution in [-0.2, 0) is 11.2 Å². The summed E-state index contributed by atoms with van der Waals surface area (Å²) in [6.07, 6.45) is 0.888. The molecule has 0 bridgehead atoms. The minimum Gasteiger partial charge on any atom is -0.497 e. The first kappa shape index (κ1) is 17.5. The first-order chi connectivity index (χ1) is 9.44. The highest BCUT2D eigenvalue weighted by Crippen LogP contribution is 2.27. The molecule has 1 rings (SSSR count). The fourth-order valence-electron chi connectivity index (χ4n) is 2.34. The Hall–Kier alpha value is -0.580. The van der Waals surface area contributed by atoms with Gasteiger partial charge in [-0.2, -0.15) is 0 Å². The number of hydrogen-bond donors (Lipinski definition) is 1. The van der Waals surface area contributed by atoms with Gasteiger partial charge < -0.3 is 14.8 Å². The van der Waals surface area contributed by atoms with Crippen LogP contribution < -0.4 is 10.1 Å². The average Bonchev–Trinajstić information content (AvgIpc) is 2.40. The summed E-state index contributed by atoms with van der Waals surface area (Å²) in [5, 5.41) is 3.53. The lowest BCUT2D eigenvalue weighted by atomic mass is 9.92. The largest absolute Gasteiger partial charge is 0.497 e. The number of benzene rings is 1. The third-order valence-corrected chi connectivity index (χ3v) is 4.26. The molecule has 0 aromatic heterocycles. The number of ether oxygens (including phenoxy) is 2. The number of methoxy groups -OCH3 is 1. The maximum Gasteiger partial charge on any atom is 0.119 e. The van der Waals surface area contributed by atoms with Crippen LogP contribution in [-0.4, -0.2) is 31.9 Å². The molecule has 0 aliphatic carbocycles. The summed E-state index contributed by atoms with van der Waals surface area (Å²) in [5.74, 6) is 0.882. The molecule has 1 unspecified atom stereocenters. The van der Waals surface area contributed by atoms with Gasteiger partial charge in [-0.3, -0.25) is 0 Å². The molecule has 1 atom stereocenters. The van der Waals surface area contributed by atoms with Gasteiger partial charge in [-0.05, 0) is 57.5 Å². The Kier molecular flexibility index (Phi) is 7.00. The molecule has 1 N–H and O–H groups in total. The summed E-state index contributed by atoms with van der Waals surface area (Å²) in [6, 6.07) is 6.32. The zero-order valence-electron chi connectivity index (χ0n) is 13.1. The molecular formula is C16H26BrNO2. The van der Waals surface area contributed by atoms with E-state index in [1.807, 2.05) is 19.1 Å². The van der Waals surface area contributed by atoms with Gasteiger partial charge in [-0.15, -0.1) is 0 Å². The molecule has 0 spiro atoms. The molecule has 3 nitrogen and oxygen atoms in total. The third kappa shape index (κ3) is 4.76. The summed E-state index contributed by atoms with van der Waals surface area (Å²) in [7, 11) is 1.69. The Morgan fingerprint density at radius 3 is 2.55 bits per heavy atom. The van der Waals surface area contributed by atoms with Crippen molar-refractivity contribution in [2.45, 2.75) is 45.8 Å². The molecular weight excluding hydrogens is 318 g/mol. The zero-order chi connectivity index (χ0) is 15.2. The van der Waals surface area contributed by atoms with Gasteiger partial charge in [0.05, 0.1) is 12.7 Å². The molecule has 0 heterocycles. The molecule has 0 fully saturated rings. The highest BCUT2D eigenvalue weighted by molar-refractivity contribution is 9.10. The predicted octanol–water partition coefficient (Wildman–Crippen LogP) is 3.79. The van der Waals surface area contributed by atoms with Gasteiger partial charge in [0, 0.05) is 17.1 Å². The van der Waals surface area contributed by atoms with Crippen LogP contribution in [0.3, 0.4) is 0 Å². The van der Waals surface area contributed by atoms with Gasteiger partial charge in [0.1, 0.15) is 5.75 Å². The van der Waals surface area contributed by atoms with Crippen LogP contribution >= 0.6 is 15.9 Å². The lowest BCUT2D eigenvalue weighted by Crippen LogP contribution is -2.50. The normalized spacial score (nSPS) is 13.3. The molecule has 0 saturated heterocycles. The van der Waals surface area contributed by atoms with E-state index in [0.29, 0.717) is 6.61 Å². The van der Waals surface area contributed by atoms with E-state index in [9.17, 15) is 0 Å². The Bertz CT molecular complexity index is 421. The SMILES string of the molecule is CCNC(Cc1cc(OC)ccc1Br)C(C)(C)OCC. The topological polar surface area (TPSA) is 30.5 Å². The Labute approximate surface area is 131 Å². The average molecular weight is 344 g/mol. The van der Waals surface area contributed by atoms with Gasteiger partial charge >= 0.3 is 0 Å². The standard InChI is InChI=1S/C16H26BrNO2/c1-6-18-15(16(3,4)20-7-2)11-12-10-13(19-5)8-9-14(12)17/h8-10,15,18H,6-7,11H2,1-5H3. The number of nitrogens with one attached hydrogen (secondary N) is 1. The van der Waals surface area contributed by atoms with Gasteiger partial charge in [0.15, 0.2) is 0 Å². The van der Waals surface area contributed by atoms with Crippen LogP contribution in [0.4, 0.5) is 0 Å². The van der Waals surface area contributed by atoms with Crippen LogP contribution in [0.5, 0.6) is 5.75 Å². The maximum atomic E-state index is 5.90. The Morgan fingerprint density at radius 2 is 2.00 bits per heavy atom. The minimum absolute atomic E-state index is 0.215. The van der Waals surface area contributed by atoms with Crippen molar-refractivity contribution in [3.8, 4) is 5.75 Å². The first-order valence-electron chi connectivity index (χ1n) is 7.14. The van der Waals surface area contributed by atoms with Crippen LogP contribution in [0.2, 0.25) is 0 Å². The van der Waals surface area contributed by atoms with Gasteiger partial charge in [0.2, 0.25) is 0 Å². The van der Waals surface area contributed by atoms with E-state index < -0.39 is 0 Å². The molecule has 0 aliphatic heterocycles. The summed E-state index contributed by atoms with van der Waals surface area (Å²) in [5.41, 5.74) is 1.01. The predicted molar refractivity (Wildman–Crippen MR) is 87.6 cm³/mol. The monoisotopic (exact) mass is 343 g/mol. The first-order valence-corrected chi connectivity index (χ1v) is 7.93. The van der Waals surface area contributed by atoms with Crippen LogP contribution in [0.15, 0.2) is 22.7 Å². The number of hydrogen-bond acceptors (Lipinski definition) is 3.